The molecule has 1 aliphatic rings. The number of piperidine rings is 1. The van der Waals surface area contributed by atoms with Gasteiger partial charge >= 0.3 is 0 Å². The maximum Gasteiger partial charge on any atom is 0.261 e. The Labute approximate surface area is 174 Å². The van der Waals surface area contributed by atoms with Gasteiger partial charge in [-0.3, -0.25) is 4.72 Å². The highest BCUT2D eigenvalue weighted by Gasteiger charge is 2.30. The van der Waals surface area contributed by atoms with Crippen LogP contribution >= 0.6 is 0 Å². The minimum absolute atomic E-state index is 0.0254. The molecule has 3 rings (SSSR count). The van der Waals surface area contributed by atoms with Crippen LogP contribution in [0.1, 0.15) is 45.1 Å². The zero-order valence-corrected chi connectivity index (χ0v) is 18.5. The molecular weight excluding hydrogens is 408 g/mol. The monoisotopic (exact) mass is 436 g/mol. The topological polar surface area (TPSA) is 83.5 Å². The smallest absolute Gasteiger partial charge is 0.261 e. The van der Waals surface area contributed by atoms with Crippen LogP contribution in [0.4, 0.5) is 5.69 Å². The number of sulfonamides is 2. The van der Waals surface area contributed by atoms with Crippen molar-refractivity contribution in [1.29, 1.82) is 0 Å². The van der Waals surface area contributed by atoms with Crippen LogP contribution in [0.3, 0.4) is 0 Å². The lowest BCUT2D eigenvalue weighted by atomic mass is 10.1. The van der Waals surface area contributed by atoms with Crippen LogP contribution in [-0.4, -0.2) is 33.7 Å². The van der Waals surface area contributed by atoms with Gasteiger partial charge in [-0.2, -0.15) is 4.31 Å². The number of rotatable bonds is 7. The summed E-state index contributed by atoms with van der Waals surface area (Å²) >= 11 is 0. The molecule has 158 valence electrons. The molecular formula is C21H28N2O4S2. The highest BCUT2D eigenvalue weighted by Crippen LogP contribution is 2.26. The second kappa shape index (κ2) is 8.85. The number of aryl methyl sites for hydroxylation is 1. The maximum absolute atomic E-state index is 12.9. The van der Waals surface area contributed by atoms with Crippen LogP contribution in [0.5, 0.6) is 0 Å². The third-order valence-corrected chi connectivity index (χ3v) is 8.65. The Bertz CT molecular complexity index is 1030. The molecule has 1 aliphatic heterocycles. The van der Waals surface area contributed by atoms with Crippen LogP contribution in [0.15, 0.2) is 58.3 Å². The zero-order chi connectivity index (χ0) is 21.1. The van der Waals surface area contributed by atoms with Crippen molar-refractivity contribution in [3.63, 3.8) is 0 Å². The van der Waals surface area contributed by atoms with Crippen LogP contribution in [0.25, 0.3) is 0 Å². The molecule has 1 fully saturated rings. The van der Waals surface area contributed by atoms with Crippen molar-refractivity contribution in [3.05, 3.63) is 54.1 Å². The van der Waals surface area contributed by atoms with Gasteiger partial charge in [0.25, 0.3) is 10.0 Å². The predicted octanol–water partition coefficient (Wildman–Crippen LogP) is 4.00. The predicted molar refractivity (Wildman–Crippen MR) is 115 cm³/mol. The summed E-state index contributed by atoms with van der Waals surface area (Å²) in [7, 11) is -7.31. The van der Waals surface area contributed by atoms with Gasteiger partial charge in [0.15, 0.2) is 0 Å². The number of hydrogen-bond donors (Lipinski definition) is 1. The third-order valence-electron chi connectivity index (χ3n) is 5.23. The van der Waals surface area contributed by atoms with E-state index in [0.717, 1.165) is 37.7 Å². The number of anilines is 1. The molecule has 1 unspecified atom stereocenters. The van der Waals surface area contributed by atoms with Crippen molar-refractivity contribution in [2.45, 2.75) is 61.8 Å². The van der Waals surface area contributed by atoms with Crippen LogP contribution in [-0.2, 0) is 26.5 Å². The minimum atomic E-state index is -3.73. The number of benzene rings is 2. The van der Waals surface area contributed by atoms with E-state index in [1.807, 2.05) is 19.1 Å². The normalized spacial score (nSPS) is 18.5. The molecule has 0 aliphatic carbocycles. The Morgan fingerprint density at radius 1 is 0.931 bits per heavy atom. The second-order valence-corrected chi connectivity index (χ2v) is 11.1. The molecule has 8 heteroatoms. The molecule has 1 N–H and O–H groups in total. The zero-order valence-electron chi connectivity index (χ0n) is 16.8. The highest BCUT2D eigenvalue weighted by atomic mass is 32.2. The van der Waals surface area contributed by atoms with Crippen molar-refractivity contribution in [2.75, 3.05) is 11.3 Å². The van der Waals surface area contributed by atoms with E-state index in [-0.39, 0.29) is 15.8 Å². The van der Waals surface area contributed by atoms with Crippen molar-refractivity contribution < 1.29 is 16.8 Å². The molecule has 0 amide bonds. The number of nitrogens with zero attached hydrogens (tertiary/aromatic N) is 1. The average molecular weight is 437 g/mol. The molecule has 0 spiro atoms. The van der Waals surface area contributed by atoms with Gasteiger partial charge in [0, 0.05) is 18.3 Å². The first-order chi connectivity index (χ1) is 13.7. The first kappa shape index (κ1) is 21.8. The van der Waals surface area contributed by atoms with Crippen LogP contribution < -0.4 is 4.72 Å². The average Bonchev–Trinajstić information content (AvgIpc) is 2.69. The van der Waals surface area contributed by atoms with E-state index in [1.165, 1.54) is 28.6 Å². The molecule has 2 aromatic rings. The number of nitrogens with one attached hydrogen (secondary N) is 1. The van der Waals surface area contributed by atoms with Gasteiger partial charge in [0.2, 0.25) is 10.0 Å². The highest BCUT2D eigenvalue weighted by molar-refractivity contribution is 7.92. The maximum atomic E-state index is 12.9. The Balaban J connectivity index is 1.76. The molecule has 0 radical (unpaired) electrons. The lowest BCUT2D eigenvalue weighted by Gasteiger charge is -2.32. The number of hydrogen-bond acceptors (Lipinski definition) is 4. The van der Waals surface area contributed by atoms with Gasteiger partial charge < -0.3 is 0 Å². The van der Waals surface area contributed by atoms with Gasteiger partial charge in [0.1, 0.15) is 0 Å². The summed E-state index contributed by atoms with van der Waals surface area (Å²) in [6, 6.07) is 12.7. The van der Waals surface area contributed by atoms with E-state index >= 15 is 0 Å². The summed E-state index contributed by atoms with van der Waals surface area (Å²) in [5.41, 5.74) is 1.42. The standard InChI is InChI=1S/C21H28N2O4S2/c1-3-6-18-8-12-20(13-9-18)28(24,25)22-19-10-14-21(15-11-19)29(26,27)23-16-5-4-7-17(23)2/h8-15,17,22H,3-7,16H2,1-2H3. The Morgan fingerprint density at radius 2 is 1.55 bits per heavy atom. The summed E-state index contributed by atoms with van der Waals surface area (Å²) in [5, 5.41) is 0. The van der Waals surface area contributed by atoms with Gasteiger partial charge in [-0.05, 0) is 68.1 Å². The van der Waals surface area contributed by atoms with E-state index < -0.39 is 20.0 Å². The van der Waals surface area contributed by atoms with Gasteiger partial charge in [-0.15, -0.1) is 0 Å². The fraction of sp³-hybridized carbons (Fsp3) is 0.429. The fourth-order valence-corrected chi connectivity index (χ4v) is 6.36. The van der Waals surface area contributed by atoms with Crippen molar-refractivity contribution >= 4 is 25.7 Å². The first-order valence-corrected chi connectivity index (χ1v) is 12.9. The lowest BCUT2D eigenvalue weighted by Crippen LogP contribution is -2.41. The molecule has 1 heterocycles. The van der Waals surface area contributed by atoms with Crippen LogP contribution in [0.2, 0.25) is 0 Å². The molecule has 1 atom stereocenters. The third kappa shape index (κ3) is 4.99. The Hall–Kier alpha value is -1.90. The van der Waals surface area contributed by atoms with E-state index in [9.17, 15) is 16.8 Å². The molecule has 29 heavy (non-hydrogen) atoms. The Morgan fingerprint density at radius 3 is 2.14 bits per heavy atom. The lowest BCUT2D eigenvalue weighted by molar-refractivity contribution is 0.268. The van der Waals surface area contributed by atoms with Gasteiger partial charge in [-0.25, -0.2) is 16.8 Å². The van der Waals surface area contributed by atoms with E-state index in [4.69, 9.17) is 0 Å². The summed E-state index contributed by atoms with van der Waals surface area (Å²) in [6.07, 6.45) is 4.65. The van der Waals surface area contributed by atoms with Crippen molar-refractivity contribution in [1.82, 2.24) is 4.31 Å². The largest absolute Gasteiger partial charge is 0.280 e. The molecule has 6 nitrogen and oxygen atoms in total. The molecule has 0 bridgehead atoms. The summed E-state index contributed by atoms with van der Waals surface area (Å²) < 4.78 is 55.0. The Kier molecular flexibility index (Phi) is 6.65. The molecule has 0 aromatic heterocycles. The van der Waals surface area contributed by atoms with E-state index in [2.05, 4.69) is 11.6 Å². The van der Waals surface area contributed by atoms with Crippen molar-refractivity contribution in [2.24, 2.45) is 0 Å². The van der Waals surface area contributed by atoms with Crippen molar-refractivity contribution in [3.8, 4) is 0 Å². The molecule has 0 saturated carbocycles. The quantitative estimate of drug-likeness (QED) is 0.711. The first-order valence-electron chi connectivity index (χ1n) is 9.98. The van der Waals surface area contributed by atoms with Gasteiger partial charge in [0.05, 0.1) is 9.79 Å². The summed E-state index contributed by atoms with van der Waals surface area (Å²) in [6.45, 7) is 4.51. The second-order valence-electron chi connectivity index (χ2n) is 7.48. The van der Waals surface area contributed by atoms with E-state index in [0.29, 0.717) is 12.2 Å². The van der Waals surface area contributed by atoms with E-state index in [1.54, 1.807) is 12.1 Å². The van der Waals surface area contributed by atoms with Gasteiger partial charge in [-0.1, -0.05) is 31.9 Å². The molecule has 2 aromatic carbocycles. The fourth-order valence-electron chi connectivity index (χ4n) is 3.60. The summed E-state index contributed by atoms with van der Waals surface area (Å²) in [4.78, 5) is 0.356. The van der Waals surface area contributed by atoms with Crippen LogP contribution in [0, 0.1) is 0 Å². The summed E-state index contributed by atoms with van der Waals surface area (Å²) in [5.74, 6) is 0. The SMILES string of the molecule is CCCc1ccc(S(=O)(=O)Nc2ccc(S(=O)(=O)N3CCCCC3C)cc2)cc1. The minimum Gasteiger partial charge on any atom is -0.280 e. The molecule has 1 saturated heterocycles.